The second-order valence-electron chi connectivity index (χ2n) is 15.4. The lowest BCUT2D eigenvalue weighted by molar-refractivity contribution is -0.118. The summed E-state index contributed by atoms with van der Waals surface area (Å²) >= 11 is 0. The molecule has 5 aromatic rings. The highest BCUT2D eigenvalue weighted by molar-refractivity contribution is 6.74. The van der Waals surface area contributed by atoms with Crippen molar-refractivity contribution in [3.05, 3.63) is 174 Å². The summed E-state index contributed by atoms with van der Waals surface area (Å²) in [7, 11) is -1.96. The minimum Gasteiger partial charge on any atom is -0.455 e. The Kier molecular flexibility index (Phi) is 11.1. The number of carbonyl (C=O) groups is 1. The first kappa shape index (κ1) is 36.7. The molecule has 1 fully saturated rings. The van der Waals surface area contributed by atoms with Crippen LogP contribution in [0, 0.1) is 5.92 Å². The molecule has 52 heavy (non-hydrogen) atoms. The highest BCUT2D eigenvalue weighted by Crippen LogP contribution is 2.42. The van der Waals surface area contributed by atoms with Crippen LogP contribution in [0.1, 0.15) is 81.3 Å². The summed E-state index contributed by atoms with van der Waals surface area (Å²) in [5, 5.41) is 4.70. The largest absolute Gasteiger partial charge is 0.455 e. The third kappa shape index (κ3) is 7.73. The van der Waals surface area contributed by atoms with Gasteiger partial charge in [0.05, 0.1) is 17.7 Å². The van der Waals surface area contributed by atoms with Gasteiger partial charge in [-0.05, 0) is 90.2 Å². The van der Waals surface area contributed by atoms with Crippen LogP contribution in [-0.2, 0) is 14.9 Å². The van der Waals surface area contributed by atoms with Crippen LogP contribution in [0.5, 0.6) is 0 Å². The second-order valence-corrected chi connectivity index (χ2v) is 20.1. The van der Waals surface area contributed by atoms with Gasteiger partial charge in [0.1, 0.15) is 5.54 Å². The van der Waals surface area contributed by atoms with E-state index in [1.165, 1.54) is 0 Å². The lowest BCUT2D eigenvalue weighted by atomic mass is 9.76. The first-order chi connectivity index (χ1) is 25.0. The van der Waals surface area contributed by atoms with Crippen molar-refractivity contribution in [3.63, 3.8) is 0 Å². The number of hydrogen-bond donors (Lipinski definition) is 0. The Balaban J connectivity index is 1.33. The van der Waals surface area contributed by atoms with Gasteiger partial charge in [0, 0.05) is 12.1 Å². The van der Waals surface area contributed by atoms with Crippen LogP contribution in [0.25, 0.3) is 11.1 Å². The fraction of sp³-hybridized carbons (Fsp3) is 0.283. The van der Waals surface area contributed by atoms with Gasteiger partial charge >= 0.3 is 0 Å². The number of nitrogens with zero attached hydrogens (tertiary/aromatic N) is 3. The number of oxime groups is 1. The van der Waals surface area contributed by atoms with Gasteiger partial charge in [-0.1, -0.05) is 148 Å². The van der Waals surface area contributed by atoms with E-state index in [2.05, 4.69) is 160 Å². The maximum absolute atomic E-state index is 13.7. The molecule has 6 rings (SSSR count). The van der Waals surface area contributed by atoms with Crippen LogP contribution in [0.4, 0.5) is 0 Å². The lowest BCUT2D eigenvalue weighted by Crippen LogP contribution is -2.39. The molecule has 1 aliphatic rings. The van der Waals surface area contributed by atoms with Gasteiger partial charge in [-0.2, -0.15) is 0 Å². The smallest absolute Gasteiger partial charge is 0.286 e. The zero-order chi connectivity index (χ0) is 36.8. The zero-order valence-corrected chi connectivity index (χ0v) is 32.4. The van der Waals surface area contributed by atoms with E-state index in [9.17, 15) is 4.79 Å². The predicted octanol–water partition coefficient (Wildman–Crippen LogP) is 11.3. The SMILES string of the molecule is C/C(=C(/C=C/C(=O)C1CCC(=NO[Si](C)(C)C(C)(C)C)CC1)c1ccccc1)c1cn(C(c2ccccc2)(c2ccccc2)c2ccccc2)cn1. The van der Waals surface area contributed by atoms with Crippen molar-refractivity contribution in [3.8, 4) is 0 Å². The molecule has 0 amide bonds. The van der Waals surface area contributed by atoms with E-state index in [-0.39, 0.29) is 16.7 Å². The number of allylic oxidation sites excluding steroid dienone is 4. The van der Waals surface area contributed by atoms with Gasteiger partial charge in [0.25, 0.3) is 8.32 Å². The molecule has 0 N–H and O–H groups in total. The molecule has 1 saturated carbocycles. The number of hydrogen-bond acceptors (Lipinski definition) is 4. The van der Waals surface area contributed by atoms with Crippen molar-refractivity contribution >= 4 is 31.0 Å². The van der Waals surface area contributed by atoms with E-state index in [0.29, 0.717) is 0 Å². The highest BCUT2D eigenvalue weighted by Gasteiger charge is 2.40. The lowest BCUT2D eigenvalue weighted by Gasteiger charge is -2.37. The van der Waals surface area contributed by atoms with Crippen LogP contribution in [-0.4, -0.2) is 29.4 Å². The third-order valence-electron chi connectivity index (χ3n) is 11.0. The number of rotatable bonds is 11. The Morgan fingerprint density at radius 1 is 0.769 bits per heavy atom. The quantitative estimate of drug-likeness (QED) is 0.0452. The Hall–Kier alpha value is -5.07. The van der Waals surface area contributed by atoms with Gasteiger partial charge < -0.3 is 9.09 Å². The summed E-state index contributed by atoms with van der Waals surface area (Å²) in [5.74, 6) is 0.134. The standard InChI is InChI=1S/C46H51N3O2Si/c1-35(42(36-19-11-7-12-20-36)31-32-44(50)37-27-29-41(30-28-37)48-51-52(5,6)45(2,3)4)43-33-49(34-47-43)46(38-21-13-8-14-22-38,39-23-15-9-16-24-39)40-25-17-10-18-26-40/h7-26,31-34,37H,27-30H2,1-6H3/b32-31+,42-35+,48-41?. The van der Waals surface area contributed by atoms with Crippen molar-refractivity contribution in [2.45, 2.75) is 77.0 Å². The maximum Gasteiger partial charge on any atom is 0.286 e. The summed E-state index contributed by atoms with van der Waals surface area (Å²) < 4.78 is 8.37. The summed E-state index contributed by atoms with van der Waals surface area (Å²) in [6.07, 6.45) is 11.0. The van der Waals surface area contributed by atoms with Crippen molar-refractivity contribution < 1.29 is 9.32 Å². The second kappa shape index (κ2) is 15.7. The van der Waals surface area contributed by atoms with Gasteiger partial charge in [-0.25, -0.2) is 4.98 Å². The van der Waals surface area contributed by atoms with Crippen LogP contribution < -0.4 is 0 Å². The molecule has 0 atom stereocenters. The molecule has 0 bridgehead atoms. The molecule has 1 heterocycles. The molecule has 0 radical (unpaired) electrons. The first-order valence-electron chi connectivity index (χ1n) is 18.4. The topological polar surface area (TPSA) is 56.5 Å². The Morgan fingerprint density at radius 3 is 1.73 bits per heavy atom. The molecular weight excluding hydrogens is 655 g/mol. The van der Waals surface area contributed by atoms with Gasteiger partial charge in [0.15, 0.2) is 5.78 Å². The molecule has 0 saturated heterocycles. The van der Waals surface area contributed by atoms with E-state index < -0.39 is 13.9 Å². The Labute approximate surface area is 310 Å². The summed E-state index contributed by atoms with van der Waals surface area (Å²) in [6.45, 7) is 13.2. The fourth-order valence-electron chi connectivity index (χ4n) is 6.82. The van der Waals surface area contributed by atoms with Crippen LogP contribution in [0.3, 0.4) is 0 Å². The molecular formula is C46H51N3O2Si. The average molecular weight is 706 g/mol. The predicted molar refractivity (Wildman–Crippen MR) is 218 cm³/mol. The van der Waals surface area contributed by atoms with Crippen LogP contribution >= 0.6 is 0 Å². The molecule has 0 spiro atoms. The Bertz CT molecular complexity index is 1930. The van der Waals surface area contributed by atoms with E-state index in [1.807, 2.05) is 30.6 Å². The van der Waals surface area contributed by atoms with Crippen molar-refractivity contribution in [1.82, 2.24) is 9.55 Å². The minimum atomic E-state index is -1.96. The summed E-state index contributed by atoms with van der Waals surface area (Å²) in [6, 6.07) is 42.1. The average Bonchev–Trinajstić information content (AvgIpc) is 3.66. The number of aromatic nitrogens is 2. The fourth-order valence-corrected chi connectivity index (χ4v) is 7.45. The monoisotopic (exact) mass is 705 g/mol. The third-order valence-corrected chi connectivity index (χ3v) is 15.2. The zero-order valence-electron chi connectivity index (χ0n) is 31.4. The molecule has 1 aliphatic carbocycles. The number of benzene rings is 4. The van der Waals surface area contributed by atoms with E-state index in [1.54, 1.807) is 6.08 Å². The molecule has 4 aromatic carbocycles. The number of ketones is 1. The highest BCUT2D eigenvalue weighted by atomic mass is 28.4. The van der Waals surface area contributed by atoms with Gasteiger partial charge in [-0.3, -0.25) is 4.79 Å². The minimum absolute atomic E-state index is 0.0251. The van der Waals surface area contributed by atoms with Crippen molar-refractivity contribution in [1.29, 1.82) is 0 Å². The maximum atomic E-state index is 13.7. The van der Waals surface area contributed by atoms with Crippen LogP contribution in [0.2, 0.25) is 18.1 Å². The van der Waals surface area contributed by atoms with E-state index in [4.69, 9.17) is 9.51 Å². The van der Waals surface area contributed by atoms with Gasteiger partial charge in [-0.15, -0.1) is 5.16 Å². The van der Waals surface area contributed by atoms with E-state index >= 15 is 0 Å². The molecule has 0 unspecified atom stereocenters. The van der Waals surface area contributed by atoms with E-state index in [0.717, 1.165) is 70.5 Å². The van der Waals surface area contributed by atoms with Crippen LogP contribution in [0.15, 0.2) is 151 Å². The molecule has 266 valence electrons. The molecule has 1 aromatic heterocycles. The van der Waals surface area contributed by atoms with Crippen molar-refractivity contribution in [2.24, 2.45) is 11.1 Å². The Morgan fingerprint density at radius 2 is 1.25 bits per heavy atom. The molecule has 5 nitrogen and oxygen atoms in total. The molecule has 6 heteroatoms. The summed E-state index contributed by atoms with van der Waals surface area (Å²) in [4.78, 5) is 18.7. The first-order valence-corrected chi connectivity index (χ1v) is 21.3. The number of carbonyl (C=O) groups excluding carboxylic acids is 1. The van der Waals surface area contributed by atoms with Crippen molar-refractivity contribution in [2.75, 3.05) is 0 Å². The number of imidazole rings is 1. The molecule has 0 aliphatic heterocycles. The summed E-state index contributed by atoms with van der Waals surface area (Å²) in [5.41, 5.74) is 7.70. The normalized spacial score (nSPS) is 16.0. The van der Waals surface area contributed by atoms with Gasteiger partial charge in [0.2, 0.25) is 0 Å².